The summed E-state index contributed by atoms with van der Waals surface area (Å²) >= 11 is 6.03. The summed E-state index contributed by atoms with van der Waals surface area (Å²) in [6.07, 6.45) is -3.48. The number of aliphatic carboxylic acids is 1. The summed E-state index contributed by atoms with van der Waals surface area (Å²) in [5.74, 6) is -1.07. The molecule has 0 unspecified atom stereocenters. The van der Waals surface area contributed by atoms with E-state index in [-0.39, 0.29) is 23.3 Å². The standard InChI is InChI=1S/C22H30ClN3O3.C2HF3O2/c1-14(2)11-25-12-17-18(13-25)22(24-20(17)27)6-8-26(9-7-22)21(28)16-5-4-15(23)10-19(16)29-3;3-2(4,5)1(6)7/h4-5,10,14,17-18H,6-9,11-13H2,1-3H3,(H,24,27);(H,6,7)/t17-,18+;/m1./s1. The van der Waals surface area contributed by atoms with Crippen LogP contribution in [0.5, 0.6) is 5.75 Å². The number of halogens is 4. The number of hydrogen-bond donors (Lipinski definition) is 2. The third-order valence-electron chi connectivity index (χ3n) is 7.02. The van der Waals surface area contributed by atoms with E-state index in [9.17, 15) is 22.8 Å². The smallest absolute Gasteiger partial charge is 0.490 e. The average molecular weight is 534 g/mol. The van der Waals surface area contributed by atoms with Gasteiger partial charge in [-0.3, -0.25) is 9.59 Å². The minimum Gasteiger partial charge on any atom is -0.496 e. The van der Waals surface area contributed by atoms with Crippen molar-refractivity contribution in [2.24, 2.45) is 17.8 Å². The molecule has 3 heterocycles. The lowest BCUT2D eigenvalue weighted by molar-refractivity contribution is -0.192. The highest BCUT2D eigenvalue weighted by atomic mass is 35.5. The van der Waals surface area contributed by atoms with E-state index in [1.54, 1.807) is 25.3 Å². The minimum absolute atomic E-state index is 0.0397. The van der Waals surface area contributed by atoms with Gasteiger partial charge in [-0.1, -0.05) is 25.4 Å². The first-order chi connectivity index (χ1) is 16.8. The Morgan fingerprint density at radius 3 is 2.39 bits per heavy atom. The van der Waals surface area contributed by atoms with E-state index in [1.807, 2.05) is 4.90 Å². The van der Waals surface area contributed by atoms with Crippen LogP contribution in [0.2, 0.25) is 5.02 Å². The number of alkyl halides is 3. The van der Waals surface area contributed by atoms with Gasteiger partial charge in [0, 0.05) is 49.2 Å². The molecule has 0 saturated carbocycles. The predicted octanol–water partition coefficient (Wildman–Crippen LogP) is 3.29. The van der Waals surface area contributed by atoms with Gasteiger partial charge in [-0.05, 0) is 37.0 Å². The van der Waals surface area contributed by atoms with Gasteiger partial charge in [0.05, 0.1) is 18.6 Å². The Kier molecular flexibility index (Phi) is 8.44. The highest BCUT2D eigenvalue weighted by Crippen LogP contribution is 2.44. The zero-order chi connectivity index (χ0) is 26.8. The monoisotopic (exact) mass is 533 g/mol. The molecular formula is C24H31ClF3N3O5. The predicted molar refractivity (Wildman–Crippen MR) is 126 cm³/mol. The Hall–Kier alpha value is -2.53. The third kappa shape index (κ3) is 6.05. The Morgan fingerprint density at radius 2 is 1.86 bits per heavy atom. The summed E-state index contributed by atoms with van der Waals surface area (Å²) in [4.78, 5) is 38.9. The van der Waals surface area contributed by atoms with Crippen LogP contribution in [0.25, 0.3) is 0 Å². The summed E-state index contributed by atoms with van der Waals surface area (Å²) < 4.78 is 37.1. The van der Waals surface area contributed by atoms with Crippen molar-refractivity contribution < 1.29 is 37.4 Å². The molecule has 0 bridgehead atoms. The topological polar surface area (TPSA) is 99.2 Å². The zero-order valence-corrected chi connectivity index (χ0v) is 21.2. The first kappa shape index (κ1) is 28.0. The molecule has 0 radical (unpaired) electrons. The molecule has 8 nitrogen and oxygen atoms in total. The molecule has 12 heteroatoms. The lowest BCUT2D eigenvalue weighted by Crippen LogP contribution is -2.56. The van der Waals surface area contributed by atoms with Gasteiger partial charge in [0.25, 0.3) is 5.91 Å². The number of carboxylic acid groups (broad SMARTS) is 1. The molecule has 0 aliphatic carbocycles. The first-order valence-electron chi connectivity index (χ1n) is 11.7. The number of ether oxygens (including phenoxy) is 1. The average Bonchev–Trinajstić information content (AvgIpc) is 3.32. The lowest BCUT2D eigenvalue weighted by atomic mass is 9.75. The summed E-state index contributed by atoms with van der Waals surface area (Å²) in [5.41, 5.74) is 0.360. The molecule has 2 atom stereocenters. The van der Waals surface area contributed by atoms with Crippen molar-refractivity contribution in [2.75, 3.05) is 39.8 Å². The molecule has 1 spiro atoms. The Bertz CT molecular complexity index is 996. The number of benzene rings is 1. The van der Waals surface area contributed by atoms with Crippen LogP contribution in [0.4, 0.5) is 13.2 Å². The molecule has 1 aromatic rings. The maximum Gasteiger partial charge on any atom is 0.490 e. The molecule has 2 amide bonds. The summed E-state index contributed by atoms with van der Waals surface area (Å²) in [6, 6.07) is 5.11. The maximum absolute atomic E-state index is 13.1. The molecule has 2 N–H and O–H groups in total. The number of nitrogens with zero attached hydrogens (tertiary/aromatic N) is 2. The van der Waals surface area contributed by atoms with Crippen molar-refractivity contribution in [3.05, 3.63) is 28.8 Å². The molecule has 1 aromatic carbocycles. The second-order valence-electron chi connectivity index (χ2n) is 9.91. The number of methoxy groups -OCH3 is 1. The number of nitrogens with one attached hydrogen (secondary N) is 1. The van der Waals surface area contributed by atoms with Gasteiger partial charge in [0.1, 0.15) is 5.75 Å². The highest BCUT2D eigenvalue weighted by Gasteiger charge is 2.57. The quantitative estimate of drug-likeness (QED) is 0.616. The van der Waals surface area contributed by atoms with Crippen LogP contribution in [-0.2, 0) is 9.59 Å². The SMILES string of the molecule is COc1cc(Cl)ccc1C(=O)N1CCC2(CC1)NC(=O)[C@@H]1CN(CC(C)C)C[C@@H]12.O=C(O)C(F)(F)F. The van der Waals surface area contributed by atoms with Gasteiger partial charge < -0.3 is 25.0 Å². The Labute approximate surface area is 212 Å². The molecule has 4 rings (SSSR count). The zero-order valence-electron chi connectivity index (χ0n) is 20.4. The number of amides is 2. The van der Waals surface area contributed by atoms with Crippen LogP contribution in [-0.4, -0.2) is 84.2 Å². The Balaban J connectivity index is 0.000000454. The van der Waals surface area contributed by atoms with Crippen LogP contribution in [0.15, 0.2) is 18.2 Å². The number of rotatable bonds is 4. The number of piperidine rings is 1. The van der Waals surface area contributed by atoms with E-state index in [1.165, 1.54) is 0 Å². The fourth-order valence-electron chi connectivity index (χ4n) is 5.42. The largest absolute Gasteiger partial charge is 0.496 e. The van der Waals surface area contributed by atoms with Crippen molar-refractivity contribution in [1.29, 1.82) is 0 Å². The first-order valence-corrected chi connectivity index (χ1v) is 12.1. The molecule has 3 saturated heterocycles. The van der Waals surface area contributed by atoms with E-state index in [4.69, 9.17) is 26.2 Å². The normalized spacial score (nSPS) is 23.2. The molecule has 200 valence electrons. The molecule has 0 aromatic heterocycles. The maximum atomic E-state index is 13.1. The molecular weight excluding hydrogens is 503 g/mol. The molecule has 3 fully saturated rings. The summed E-state index contributed by atoms with van der Waals surface area (Å²) in [6.45, 7) is 8.59. The van der Waals surface area contributed by atoms with Gasteiger partial charge in [-0.25, -0.2) is 4.79 Å². The fourth-order valence-corrected chi connectivity index (χ4v) is 5.59. The van der Waals surface area contributed by atoms with Gasteiger partial charge in [0.15, 0.2) is 0 Å². The number of carboxylic acids is 1. The van der Waals surface area contributed by atoms with Crippen LogP contribution < -0.4 is 10.1 Å². The highest BCUT2D eigenvalue weighted by molar-refractivity contribution is 6.30. The summed E-state index contributed by atoms with van der Waals surface area (Å²) in [5, 5.41) is 11.0. The second kappa shape index (κ2) is 10.8. The lowest BCUT2D eigenvalue weighted by Gasteiger charge is -2.43. The van der Waals surface area contributed by atoms with E-state index in [0.717, 1.165) is 32.5 Å². The number of carbonyl (C=O) groups is 3. The van der Waals surface area contributed by atoms with Crippen LogP contribution in [0.1, 0.15) is 37.0 Å². The van der Waals surface area contributed by atoms with Crippen molar-refractivity contribution >= 4 is 29.4 Å². The van der Waals surface area contributed by atoms with Crippen LogP contribution in [0, 0.1) is 17.8 Å². The van der Waals surface area contributed by atoms with E-state index in [2.05, 4.69) is 24.1 Å². The van der Waals surface area contributed by atoms with Crippen molar-refractivity contribution in [2.45, 2.75) is 38.4 Å². The number of hydrogen-bond acceptors (Lipinski definition) is 5. The number of carbonyl (C=O) groups excluding carboxylic acids is 2. The van der Waals surface area contributed by atoms with Gasteiger partial charge >= 0.3 is 12.1 Å². The van der Waals surface area contributed by atoms with Crippen LogP contribution >= 0.6 is 11.6 Å². The van der Waals surface area contributed by atoms with E-state index < -0.39 is 12.1 Å². The minimum atomic E-state index is -5.08. The van der Waals surface area contributed by atoms with E-state index in [0.29, 0.717) is 41.3 Å². The van der Waals surface area contributed by atoms with Crippen molar-refractivity contribution in [1.82, 2.24) is 15.1 Å². The fraction of sp³-hybridized carbons (Fsp3) is 0.625. The molecule has 3 aliphatic rings. The molecule has 36 heavy (non-hydrogen) atoms. The Morgan fingerprint density at radius 1 is 1.25 bits per heavy atom. The summed E-state index contributed by atoms with van der Waals surface area (Å²) in [7, 11) is 1.55. The van der Waals surface area contributed by atoms with Gasteiger partial charge in [0.2, 0.25) is 5.91 Å². The second-order valence-corrected chi connectivity index (χ2v) is 10.3. The van der Waals surface area contributed by atoms with Gasteiger partial charge in [-0.2, -0.15) is 13.2 Å². The van der Waals surface area contributed by atoms with Crippen molar-refractivity contribution in [3.8, 4) is 5.75 Å². The van der Waals surface area contributed by atoms with E-state index >= 15 is 0 Å². The molecule has 3 aliphatic heterocycles. The number of fused-ring (bicyclic) bond motifs is 2. The number of likely N-dealkylation sites (tertiary alicyclic amines) is 2. The third-order valence-corrected chi connectivity index (χ3v) is 7.25. The van der Waals surface area contributed by atoms with Crippen LogP contribution in [0.3, 0.4) is 0 Å². The van der Waals surface area contributed by atoms with Crippen molar-refractivity contribution in [3.63, 3.8) is 0 Å². The van der Waals surface area contributed by atoms with Gasteiger partial charge in [-0.15, -0.1) is 0 Å².